The molecule has 0 aromatic rings. The van der Waals surface area contributed by atoms with E-state index in [1.165, 1.54) is 0 Å². The molecule has 58 valence electrons. The molecule has 2 heteroatoms. The van der Waals surface area contributed by atoms with Crippen molar-refractivity contribution in [1.29, 1.82) is 0 Å². The van der Waals surface area contributed by atoms with Gasteiger partial charge in [-0.05, 0) is 32.4 Å². The summed E-state index contributed by atoms with van der Waals surface area (Å²) in [5, 5.41) is 0.753. The lowest BCUT2D eigenvalue weighted by atomic mass is 9.88. The zero-order chi connectivity index (χ0) is 9.02. The first-order chi connectivity index (χ1) is 4.95. The van der Waals surface area contributed by atoms with Crippen LogP contribution in [-0.4, -0.2) is 7.85 Å². The van der Waals surface area contributed by atoms with Crippen molar-refractivity contribution >= 4 is 19.4 Å². The molecule has 0 heterocycles. The number of rotatable bonds is 2. The van der Waals surface area contributed by atoms with E-state index >= 15 is 0 Å². The smallest absolute Gasteiger partial charge is 0.106 e. The third-order valence-electron chi connectivity index (χ3n) is 1.49. The SMILES string of the molecule is [B]C(=C)/C(C)=C(C)\C=C(/C)Cl. The minimum Gasteiger partial charge on any atom is -0.106 e. The fourth-order valence-electron chi connectivity index (χ4n) is 0.660. The molecule has 0 aliphatic rings. The van der Waals surface area contributed by atoms with Crippen molar-refractivity contribution in [3.05, 3.63) is 34.3 Å². The minimum atomic E-state index is 0.594. The van der Waals surface area contributed by atoms with Crippen molar-refractivity contribution < 1.29 is 0 Å². The van der Waals surface area contributed by atoms with E-state index in [1.807, 2.05) is 26.8 Å². The number of halogens is 1. The molecule has 0 fully saturated rings. The highest BCUT2D eigenvalue weighted by molar-refractivity contribution is 6.29. The second-order valence-electron chi connectivity index (χ2n) is 2.56. The van der Waals surface area contributed by atoms with Crippen LogP contribution < -0.4 is 0 Å². The molecular weight excluding hydrogens is 154 g/mol. The lowest BCUT2D eigenvalue weighted by Crippen LogP contribution is -1.85. The average Bonchev–Trinajstić information content (AvgIpc) is 1.84. The Morgan fingerprint density at radius 3 is 2.09 bits per heavy atom. The van der Waals surface area contributed by atoms with Crippen molar-refractivity contribution in [2.45, 2.75) is 20.8 Å². The van der Waals surface area contributed by atoms with E-state index in [4.69, 9.17) is 19.4 Å². The normalized spacial score (nSPS) is 14.4. The van der Waals surface area contributed by atoms with Gasteiger partial charge in [0.05, 0.1) is 0 Å². The summed E-state index contributed by atoms with van der Waals surface area (Å²) >= 11 is 5.68. The van der Waals surface area contributed by atoms with Crippen LogP contribution in [0.2, 0.25) is 0 Å². The molecule has 0 amide bonds. The van der Waals surface area contributed by atoms with E-state index in [0.29, 0.717) is 5.47 Å². The molecule has 2 radical (unpaired) electrons. The Bertz CT molecular complexity index is 220. The molecule has 0 aliphatic heterocycles. The van der Waals surface area contributed by atoms with Gasteiger partial charge in [0.1, 0.15) is 7.85 Å². The van der Waals surface area contributed by atoms with Gasteiger partial charge in [-0.15, -0.1) is 12.1 Å². The summed E-state index contributed by atoms with van der Waals surface area (Å²) in [5.74, 6) is 0. The summed E-state index contributed by atoms with van der Waals surface area (Å²) in [5.41, 5.74) is 2.65. The zero-order valence-corrected chi connectivity index (χ0v) is 8.00. The van der Waals surface area contributed by atoms with Gasteiger partial charge in [0.25, 0.3) is 0 Å². The van der Waals surface area contributed by atoms with Crippen LogP contribution in [0.4, 0.5) is 0 Å². The van der Waals surface area contributed by atoms with Crippen molar-refractivity contribution in [1.82, 2.24) is 0 Å². The van der Waals surface area contributed by atoms with Crippen LogP contribution in [0.3, 0.4) is 0 Å². The fraction of sp³-hybridized carbons (Fsp3) is 0.333. The van der Waals surface area contributed by atoms with Crippen molar-refractivity contribution in [2.75, 3.05) is 0 Å². The number of hydrogen-bond donors (Lipinski definition) is 0. The summed E-state index contributed by atoms with van der Waals surface area (Å²) in [4.78, 5) is 0. The Hall–Kier alpha value is -0.425. The van der Waals surface area contributed by atoms with Crippen molar-refractivity contribution in [2.24, 2.45) is 0 Å². The highest BCUT2D eigenvalue weighted by atomic mass is 35.5. The second-order valence-corrected chi connectivity index (χ2v) is 3.16. The molecule has 11 heavy (non-hydrogen) atoms. The van der Waals surface area contributed by atoms with Gasteiger partial charge in [-0.1, -0.05) is 17.2 Å². The summed E-state index contributed by atoms with van der Waals surface area (Å²) in [6.45, 7) is 9.34. The summed E-state index contributed by atoms with van der Waals surface area (Å²) in [6, 6.07) is 0. The van der Waals surface area contributed by atoms with Crippen LogP contribution in [0.5, 0.6) is 0 Å². The zero-order valence-electron chi connectivity index (χ0n) is 7.24. The minimum absolute atomic E-state index is 0.594. The second kappa shape index (κ2) is 4.45. The molecule has 0 unspecified atom stereocenters. The van der Waals surface area contributed by atoms with Gasteiger partial charge in [0, 0.05) is 5.03 Å². The molecule has 0 atom stereocenters. The Morgan fingerprint density at radius 2 is 1.82 bits per heavy atom. The van der Waals surface area contributed by atoms with Crippen LogP contribution in [-0.2, 0) is 0 Å². The maximum Gasteiger partial charge on any atom is 0.113 e. The molecule has 0 nitrogen and oxygen atoms in total. The van der Waals surface area contributed by atoms with Gasteiger partial charge < -0.3 is 0 Å². The van der Waals surface area contributed by atoms with Crippen LogP contribution >= 0.6 is 11.6 Å². The largest absolute Gasteiger partial charge is 0.113 e. The van der Waals surface area contributed by atoms with Gasteiger partial charge in [-0.3, -0.25) is 0 Å². The van der Waals surface area contributed by atoms with Gasteiger partial charge in [0.2, 0.25) is 0 Å². The predicted octanol–water partition coefficient (Wildman–Crippen LogP) is 3.15. The summed E-state index contributed by atoms with van der Waals surface area (Å²) in [7, 11) is 5.49. The van der Waals surface area contributed by atoms with Gasteiger partial charge >= 0.3 is 0 Å². The van der Waals surface area contributed by atoms with Crippen LogP contribution in [0.15, 0.2) is 34.3 Å². The molecule has 0 spiro atoms. The highest BCUT2D eigenvalue weighted by Crippen LogP contribution is 2.13. The molecule has 0 saturated carbocycles. The number of hydrogen-bond acceptors (Lipinski definition) is 0. The first-order valence-corrected chi connectivity index (χ1v) is 3.79. The molecule has 0 saturated heterocycles. The van der Waals surface area contributed by atoms with E-state index in [-0.39, 0.29) is 0 Å². The Kier molecular flexibility index (Phi) is 4.28. The van der Waals surface area contributed by atoms with Gasteiger partial charge in [0.15, 0.2) is 0 Å². The van der Waals surface area contributed by atoms with Crippen LogP contribution in [0.25, 0.3) is 0 Å². The Morgan fingerprint density at radius 1 is 1.36 bits per heavy atom. The van der Waals surface area contributed by atoms with Gasteiger partial charge in [-0.25, -0.2) is 0 Å². The van der Waals surface area contributed by atoms with Crippen molar-refractivity contribution in [3.63, 3.8) is 0 Å². The molecule has 0 aromatic heterocycles. The molecule has 0 aliphatic carbocycles. The van der Waals surface area contributed by atoms with Crippen LogP contribution in [0, 0.1) is 0 Å². The van der Waals surface area contributed by atoms with E-state index in [2.05, 4.69) is 6.58 Å². The molecule has 0 bridgehead atoms. The quantitative estimate of drug-likeness (QED) is 0.437. The topological polar surface area (TPSA) is 0 Å². The molecular formula is C9H12BCl. The molecule has 0 aromatic carbocycles. The summed E-state index contributed by atoms with van der Waals surface area (Å²) in [6.07, 6.45) is 1.87. The van der Waals surface area contributed by atoms with Gasteiger partial charge in [-0.2, -0.15) is 0 Å². The highest BCUT2D eigenvalue weighted by Gasteiger charge is 1.93. The Labute approximate surface area is 75.0 Å². The fourth-order valence-corrected chi connectivity index (χ4v) is 0.824. The standard InChI is InChI=1S/C9H12BCl/c1-6(5-7(2)11)8(3)9(4)10/h5H,4H2,1-3H3/b7-5+,8-6-. The first kappa shape index (κ1) is 10.6. The lowest BCUT2D eigenvalue weighted by molar-refractivity contribution is 1.35. The van der Waals surface area contributed by atoms with Crippen molar-refractivity contribution in [3.8, 4) is 0 Å². The third-order valence-corrected chi connectivity index (χ3v) is 1.60. The monoisotopic (exact) mass is 166 g/mol. The lowest BCUT2D eigenvalue weighted by Gasteiger charge is -2.02. The van der Waals surface area contributed by atoms with E-state index in [1.54, 1.807) is 0 Å². The summed E-state index contributed by atoms with van der Waals surface area (Å²) < 4.78 is 0. The maximum absolute atomic E-state index is 5.68. The average molecular weight is 166 g/mol. The molecule has 0 N–H and O–H groups in total. The van der Waals surface area contributed by atoms with E-state index in [9.17, 15) is 0 Å². The maximum atomic E-state index is 5.68. The Balaban J connectivity index is 4.68. The van der Waals surface area contributed by atoms with E-state index in [0.717, 1.165) is 16.2 Å². The predicted molar refractivity (Wildman–Crippen MR) is 52.9 cm³/mol. The van der Waals surface area contributed by atoms with Crippen LogP contribution in [0.1, 0.15) is 20.8 Å². The first-order valence-electron chi connectivity index (χ1n) is 3.41. The van der Waals surface area contributed by atoms with E-state index < -0.39 is 0 Å². The third kappa shape index (κ3) is 4.10. The molecule has 0 rings (SSSR count). The number of allylic oxidation sites excluding steroid dienone is 5.